The molecule has 0 saturated heterocycles. The Kier molecular flexibility index (Phi) is 9.42. The lowest BCUT2D eigenvalue weighted by Crippen LogP contribution is -2.00. The Balaban J connectivity index is 0. The molecule has 2 nitrogen and oxygen atoms in total. The minimum Gasteiger partial charge on any atom is -0.466 e. The highest BCUT2D eigenvalue weighted by atomic mass is 79.9. The molecule has 0 aromatic rings. The summed E-state index contributed by atoms with van der Waals surface area (Å²) in [5, 5.41) is 0. The number of esters is 1. The number of rotatable bonds is 2. The van der Waals surface area contributed by atoms with Crippen molar-refractivity contribution in [1.29, 1.82) is 0 Å². The number of halogens is 1. The maximum absolute atomic E-state index is 10.2. The summed E-state index contributed by atoms with van der Waals surface area (Å²) in [6.45, 7) is 4.07. The fourth-order valence-corrected chi connectivity index (χ4v) is 0.263. The van der Waals surface area contributed by atoms with Crippen LogP contribution in [0.2, 0.25) is 0 Å². The average molecular weight is 183 g/mol. The average Bonchev–Trinajstić information content (AvgIpc) is 1.68. The number of carbonyl (C=O) groups is 1. The van der Waals surface area contributed by atoms with Crippen molar-refractivity contribution in [3.63, 3.8) is 0 Å². The van der Waals surface area contributed by atoms with Crippen LogP contribution in [0.15, 0.2) is 0 Å². The summed E-state index contributed by atoms with van der Waals surface area (Å²) in [6.07, 6.45) is 0.480. The van der Waals surface area contributed by atoms with E-state index in [1.807, 2.05) is 0 Å². The van der Waals surface area contributed by atoms with Crippen LogP contribution in [-0.2, 0) is 9.53 Å². The lowest BCUT2D eigenvalue weighted by atomic mass is 10.5. The molecule has 0 atom stereocenters. The van der Waals surface area contributed by atoms with Gasteiger partial charge >= 0.3 is 5.97 Å². The Bertz CT molecular complexity index is 63.4. The van der Waals surface area contributed by atoms with Gasteiger partial charge in [-0.2, -0.15) is 0 Å². The van der Waals surface area contributed by atoms with Gasteiger partial charge in [0.2, 0.25) is 0 Å². The molecule has 50 valence electrons. The first kappa shape index (κ1) is 10.8. The summed E-state index contributed by atoms with van der Waals surface area (Å²) < 4.78 is 4.55. The van der Waals surface area contributed by atoms with Crippen molar-refractivity contribution in [2.75, 3.05) is 6.61 Å². The van der Waals surface area contributed by atoms with E-state index in [0.717, 1.165) is 0 Å². The maximum atomic E-state index is 10.2. The number of carbonyl (C=O) groups excluding carboxylic acids is 1. The van der Waals surface area contributed by atoms with E-state index in [9.17, 15) is 4.79 Å². The summed E-state index contributed by atoms with van der Waals surface area (Å²) in [4.78, 5) is 10.2. The minimum absolute atomic E-state index is 0. The Hall–Kier alpha value is -0.0500. The fraction of sp³-hybridized carbons (Fsp3) is 0.800. The van der Waals surface area contributed by atoms with Crippen molar-refractivity contribution in [3.05, 3.63) is 0 Å². The van der Waals surface area contributed by atoms with E-state index in [1.54, 1.807) is 13.8 Å². The number of hydrogen-bond acceptors (Lipinski definition) is 2. The van der Waals surface area contributed by atoms with Crippen LogP contribution in [0.5, 0.6) is 0 Å². The van der Waals surface area contributed by atoms with Gasteiger partial charge in [0.05, 0.1) is 6.61 Å². The smallest absolute Gasteiger partial charge is 0.305 e. The Morgan fingerprint density at radius 1 is 1.50 bits per heavy atom. The lowest BCUT2D eigenvalue weighted by molar-refractivity contribution is -0.142. The molecule has 3 heteroatoms. The van der Waals surface area contributed by atoms with E-state index in [0.29, 0.717) is 13.0 Å². The fourth-order valence-electron chi connectivity index (χ4n) is 0.263. The van der Waals surface area contributed by atoms with Crippen molar-refractivity contribution in [1.82, 2.24) is 0 Å². The molecule has 0 spiro atoms. The second-order valence-corrected chi connectivity index (χ2v) is 1.16. The maximum Gasteiger partial charge on any atom is 0.305 e. The molecular formula is C5H11BrO2. The largest absolute Gasteiger partial charge is 0.466 e. The van der Waals surface area contributed by atoms with Gasteiger partial charge in [0.25, 0.3) is 0 Å². The predicted octanol–water partition coefficient (Wildman–Crippen LogP) is 1.54. The molecule has 0 amide bonds. The highest BCUT2D eigenvalue weighted by Gasteiger charge is 1.91. The number of hydrogen-bond donors (Lipinski definition) is 0. The molecule has 0 aliphatic heterocycles. The molecule has 0 fully saturated rings. The second kappa shape index (κ2) is 6.95. The third-order valence-electron chi connectivity index (χ3n) is 0.594. The first-order valence-corrected chi connectivity index (χ1v) is 2.46. The van der Waals surface area contributed by atoms with Crippen molar-refractivity contribution < 1.29 is 9.53 Å². The zero-order chi connectivity index (χ0) is 5.70. The van der Waals surface area contributed by atoms with Crippen LogP contribution >= 0.6 is 17.0 Å². The number of ether oxygens (including phenoxy) is 1. The lowest BCUT2D eigenvalue weighted by Gasteiger charge is -1.93. The monoisotopic (exact) mass is 182 g/mol. The molecule has 0 N–H and O–H groups in total. The molecule has 0 radical (unpaired) electrons. The Labute approximate surface area is 60.0 Å². The zero-order valence-electron chi connectivity index (χ0n) is 5.14. The molecule has 0 unspecified atom stereocenters. The third kappa shape index (κ3) is 5.95. The minimum atomic E-state index is -0.123. The van der Waals surface area contributed by atoms with Crippen LogP contribution < -0.4 is 0 Å². The topological polar surface area (TPSA) is 26.3 Å². The highest BCUT2D eigenvalue weighted by Crippen LogP contribution is 1.80. The van der Waals surface area contributed by atoms with E-state index < -0.39 is 0 Å². The first-order valence-electron chi connectivity index (χ1n) is 2.46. The van der Waals surface area contributed by atoms with Crippen LogP contribution in [0.25, 0.3) is 0 Å². The van der Waals surface area contributed by atoms with Crippen molar-refractivity contribution >= 4 is 23.0 Å². The van der Waals surface area contributed by atoms with Gasteiger partial charge in [0.15, 0.2) is 0 Å². The molecule has 0 rings (SSSR count). The summed E-state index contributed by atoms with van der Waals surface area (Å²) >= 11 is 0. The Morgan fingerprint density at radius 3 is 2.12 bits per heavy atom. The van der Waals surface area contributed by atoms with Crippen LogP contribution in [0, 0.1) is 0 Å². The van der Waals surface area contributed by atoms with E-state index in [-0.39, 0.29) is 23.0 Å². The van der Waals surface area contributed by atoms with Crippen LogP contribution in [-0.4, -0.2) is 12.6 Å². The van der Waals surface area contributed by atoms with Gasteiger partial charge in [0, 0.05) is 6.42 Å². The van der Waals surface area contributed by atoms with E-state index in [4.69, 9.17) is 0 Å². The van der Waals surface area contributed by atoms with Gasteiger partial charge in [0.1, 0.15) is 0 Å². The summed E-state index contributed by atoms with van der Waals surface area (Å²) in [5.41, 5.74) is 0. The summed E-state index contributed by atoms with van der Waals surface area (Å²) in [6, 6.07) is 0. The van der Waals surface area contributed by atoms with Crippen LogP contribution in [0.4, 0.5) is 0 Å². The molecule has 0 aromatic heterocycles. The normalized spacial score (nSPS) is 7.25. The summed E-state index contributed by atoms with van der Waals surface area (Å²) in [5.74, 6) is -0.123. The molecule has 0 heterocycles. The quantitative estimate of drug-likeness (QED) is 0.607. The van der Waals surface area contributed by atoms with Crippen molar-refractivity contribution in [3.8, 4) is 0 Å². The van der Waals surface area contributed by atoms with Gasteiger partial charge in [-0.15, -0.1) is 17.0 Å². The SMILES string of the molecule is Br.CCOC(=O)CC. The van der Waals surface area contributed by atoms with Crippen LogP contribution in [0.3, 0.4) is 0 Å². The van der Waals surface area contributed by atoms with E-state index in [2.05, 4.69) is 4.74 Å². The second-order valence-electron chi connectivity index (χ2n) is 1.16. The van der Waals surface area contributed by atoms with Gasteiger partial charge < -0.3 is 4.74 Å². The van der Waals surface area contributed by atoms with Gasteiger partial charge in [-0.3, -0.25) is 4.79 Å². The molecular weight excluding hydrogens is 172 g/mol. The molecule has 0 saturated carbocycles. The predicted molar refractivity (Wildman–Crippen MR) is 37.2 cm³/mol. The zero-order valence-corrected chi connectivity index (χ0v) is 6.85. The van der Waals surface area contributed by atoms with Crippen molar-refractivity contribution in [2.24, 2.45) is 0 Å². The Morgan fingerprint density at radius 2 is 2.00 bits per heavy atom. The summed E-state index contributed by atoms with van der Waals surface area (Å²) in [7, 11) is 0. The first-order chi connectivity index (χ1) is 3.31. The standard InChI is InChI=1S/C5H10O2.BrH/c1-3-5(6)7-4-2;/h3-4H2,1-2H3;1H. The van der Waals surface area contributed by atoms with Gasteiger partial charge in [-0.1, -0.05) is 6.92 Å². The van der Waals surface area contributed by atoms with E-state index in [1.165, 1.54) is 0 Å². The molecule has 0 aliphatic rings. The molecule has 8 heavy (non-hydrogen) atoms. The highest BCUT2D eigenvalue weighted by molar-refractivity contribution is 8.93. The van der Waals surface area contributed by atoms with E-state index >= 15 is 0 Å². The van der Waals surface area contributed by atoms with Crippen molar-refractivity contribution in [2.45, 2.75) is 20.3 Å². The van der Waals surface area contributed by atoms with Gasteiger partial charge in [-0.05, 0) is 6.92 Å². The van der Waals surface area contributed by atoms with Gasteiger partial charge in [-0.25, -0.2) is 0 Å². The molecule has 0 aromatic carbocycles. The molecule has 0 aliphatic carbocycles. The molecule has 0 bridgehead atoms. The third-order valence-corrected chi connectivity index (χ3v) is 0.594. The van der Waals surface area contributed by atoms with Crippen LogP contribution in [0.1, 0.15) is 20.3 Å².